The number of aromatic nitrogens is 3. The molecule has 0 bridgehead atoms. The molecule has 0 fully saturated rings. The van der Waals surface area contributed by atoms with Gasteiger partial charge in [0.25, 0.3) is 0 Å². The number of ether oxygens (including phenoxy) is 1. The van der Waals surface area contributed by atoms with Gasteiger partial charge in [-0.1, -0.05) is 13.3 Å². The zero-order valence-corrected chi connectivity index (χ0v) is 10.0. The van der Waals surface area contributed by atoms with E-state index in [0.717, 1.165) is 23.9 Å². The summed E-state index contributed by atoms with van der Waals surface area (Å²) in [6.07, 6.45) is 3.02. The highest BCUT2D eigenvalue weighted by Crippen LogP contribution is 2.15. The van der Waals surface area contributed by atoms with Gasteiger partial charge in [-0.3, -0.25) is 0 Å². The summed E-state index contributed by atoms with van der Waals surface area (Å²) in [7, 11) is 0. The molecule has 90 valence electrons. The Kier molecular flexibility index (Phi) is 3.37. The molecule has 0 amide bonds. The number of rotatable bonds is 3. The molecule has 0 spiro atoms. The van der Waals surface area contributed by atoms with E-state index < -0.39 is 6.09 Å². The number of nitrogens with zero attached hydrogens (tertiary/aromatic N) is 3. The molecule has 2 aromatic heterocycles. The minimum absolute atomic E-state index is 0.419. The van der Waals surface area contributed by atoms with Crippen molar-refractivity contribution in [2.75, 3.05) is 6.61 Å². The first-order valence-corrected chi connectivity index (χ1v) is 5.71. The maximum Gasteiger partial charge on any atom is 0.436 e. The minimum atomic E-state index is -0.463. The van der Waals surface area contributed by atoms with E-state index in [0.29, 0.717) is 12.3 Å². The van der Waals surface area contributed by atoms with Crippen LogP contribution in [-0.4, -0.2) is 27.5 Å². The lowest BCUT2D eigenvalue weighted by molar-refractivity contribution is 0.143. The van der Waals surface area contributed by atoms with Crippen molar-refractivity contribution in [2.24, 2.45) is 0 Å². The molecule has 0 aromatic carbocycles. The molecule has 0 unspecified atom stereocenters. The molecule has 0 aliphatic carbocycles. The van der Waals surface area contributed by atoms with Crippen LogP contribution in [0.1, 0.15) is 25.5 Å². The summed E-state index contributed by atoms with van der Waals surface area (Å²) < 4.78 is 6.33. The van der Waals surface area contributed by atoms with Crippen LogP contribution in [0.4, 0.5) is 4.79 Å². The van der Waals surface area contributed by atoms with E-state index in [1.807, 2.05) is 26.0 Å². The number of aryl methyl sites for hydroxylation is 1. The molecular formula is C12H15N3O2. The van der Waals surface area contributed by atoms with Gasteiger partial charge in [0.2, 0.25) is 0 Å². The second-order valence-electron chi connectivity index (χ2n) is 3.84. The third kappa shape index (κ3) is 2.27. The first-order valence-electron chi connectivity index (χ1n) is 5.71. The molecule has 0 aliphatic rings. The Hall–Kier alpha value is -1.91. The number of hydrogen-bond donors (Lipinski definition) is 0. The summed E-state index contributed by atoms with van der Waals surface area (Å²) in [5.74, 6) is 0. The molecule has 0 saturated carbocycles. The highest BCUT2D eigenvalue weighted by molar-refractivity contribution is 5.86. The van der Waals surface area contributed by atoms with Crippen LogP contribution in [0.25, 0.3) is 11.0 Å². The van der Waals surface area contributed by atoms with Crippen LogP contribution in [-0.2, 0) is 4.74 Å². The lowest BCUT2D eigenvalue weighted by Gasteiger charge is -2.03. The van der Waals surface area contributed by atoms with Gasteiger partial charge in [-0.05, 0) is 25.5 Å². The SMILES string of the molecule is CCCCOC(=O)n1nc(C)c2cccnc21. The number of fused-ring (bicyclic) bond motifs is 1. The van der Waals surface area contributed by atoms with E-state index >= 15 is 0 Å². The fourth-order valence-corrected chi connectivity index (χ4v) is 1.59. The summed E-state index contributed by atoms with van der Waals surface area (Å²) in [5.41, 5.74) is 1.33. The fourth-order valence-electron chi connectivity index (χ4n) is 1.59. The van der Waals surface area contributed by atoms with Crippen LogP contribution in [0.5, 0.6) is 0 Å². The average Bonchev–Trinajstić information content (AvgIpc) is 2.68. The summed E-state index contributed by atoms with van der Waals surface area (Å²) in [5, 5.41) is 5.02. The zero-order chi connectivity index (χ0) is 12.3. The Morgan fingerprint density at radius 2 is 2.35 bits per heavy atom. The standard InChI is InChI=1S/C12H15N3O2/c1-3-4-8-17-12(16)15-11-10(9(2)14-15)6-5-7-13-11/h5-7H,3-4,8H2,1-2H3. The monoisotopic (exact) mass is 233 g/mol. The first-order chi connectivity index (χ1) is 8.24. The van der Waals surface area contributed by atoms with Crippen molar-refractivity contribution in [3.8, 4) is 0 Å². The Balaban J connectivity index is 2.26. The van der Waals surface area contributed by atoms with Crippen molar-refractivity contribution < 1.29 is 9.53 Å². The molecule has 5 nitrogen and oxygen atoms in total. The van der Waals surface area contributed by atoms with Gasteiger partial charge in [0.05, 0.1) is 12.3 Å². The molecule has 2 rings (SSSR count). The molecule has 5 heteroatoms. The van der Waals surface area contributed by atoms with Crippen molar-refractivity contribution in [1.82, 2.24) is 14.8 Å². The maximum atomic E-state index is 11.8. The quantitative estimate of drug-likeness (QED) is 0.764. The Bertz CT molecular complexity index is 534. The Morgan fingerprint density at radius 3 is 3.12 bits per heavy atom. The lowest BCUT2D eigenvalue weighted by atomic mass is 10.3. The highest BCUT2D eigenvalue weighted by atomic mass is 16.6. The van der Waals surface area contributed by atoms with E-state index in [-0.39, 0.29) is 0 Å². The van der Waals surface area contributed by atoms with Gasteiger partial charge >= 0.3 is 6.09 Å². The molecule has 0 aliphatic heterocycles. The normalized spacial score (nSPS) is 10.7. The van der Waals surface area contributed by atoms with Gasteiger partial charge in [-0.25, -0.2) is 9.78 Å². The average molecular weight is 233 g/mol. The number of carbonyl (C=O) groups excluding carboxylic acids is 1. The fraction of sp³-hybridized carbons (Fsp3) is 0.417. The topological polar surface area (TPSA) is 57.0 Å². The second-order valence-corrected chi connectivity index (χ2v) is 3.84. The molecule has 2 heterocycles. The zero-order valence-electron chi connectivity index (χ0n) is 10.0. The number of unbranched alkanes of at least 4 members (excludes halogenated alkanes) is 1. The van der Waals surface area contributed by atoms with Crippen molar-refractivity contribution in [1.29, 1.82) is 0 Å². The molecule has 17 heavy (non-hydrogen) atoms. The van der Waals surface area contributed by atoms with E-state index in [1.54, 1.807) is 6.20 Å². The van der Waals surface area contributed by atoms with Gasteiger partial charge in [0, 0.05) is 11.6 Å². The summed E-state index contributed by atoms with van der Waals surface area (Å²) in [4.78, 5) is 15.9. The number of carbonyl (C=O) groups is 1. The predicted octanol–water partition coefficient (Wildman–Crippen LogP) is 2.52. The van der Waals surface area contributed by atoms with E-state index in [1.165, 1.54) is 4.68 Å². The smallest absolute Gasteiger partial charge is 0.436 e. The van der Waals surface area contributed by atoms with Gasteiger partial charge in [-0.2, -0.15) is 5.10 Å². The molecule has 0 atom stereocenters. The van der Waals surface area contributed by atoms with Crippen LogP contribution in [0.15, 0.2) is 18.3 Å². The van der Waals surface area contributed by atoms with Crippen LogP contribution in [0.3, 0.4) is 0 Å². The van der Waals surface area contributed by atoms with Crippen LogP contribution in [0.2, 0.25) is 0 Å². The maximum absolute atomic E-state index is 11.8. The number of pyridine rings is 1. The van der Waals surface area contributed by atoms with Gasteiger partial charge in [0.15, 0.2) is 5.65 Å². The highest BCUT2D eigenvalue weighted by Gasteiger charge is 2.14. The van der Waals surface area contributed by atoms with Crippen molar-refractivity contribution >= 4 is 17.1 Å². The van der Waals surface area contributed by atoms with E-state index in [2.05, 4.69) is 10.1 Å². The van der Waals surface area contributed by atoms with Crippen LogP contribution < -0.4 is 0 Å². The summed E-state index contributed by atoms with van der Waals surface area (Å²) in [6.45, 7) is 4.31. The molecule has 2 aromatic rings. The van der Waals surface area contributed by atoms with E-state index in [9.17, 15) is 4.79 Å². The molecule has 0 radical (unpaired) electrons. The third-order valence-corrected chi connectivity index (χ3v) is 2.52. The predicted molar refractivity (Wildman–Crippen MR) is 63.9 cm³/mol. The van der Waals surface area contributed by atoms with Crippen LogP contribution >= 0.6 is 0 Å². The first kappa shape index (κ1) is 11.6. The second kappa shape index (κ2) is 4.95. The summed E-state index contributed by atoms with van der Waals surface area (Å²) >= 11 is 0. The largest absolute Gasteiger partial charge is 0.448 e. The van der Waals surface area contributed by atoms with E-state index in [4.69, 9.17) is 4.74 Å². The van der Waals surface area contributed by atoms with Gasteiger partial charge < -0.3 is 4.74 Å². The van der Waals surface area contributed by atoms with Crippen LogP contribution in [0, 0.1) is 6.92 Å². The van der Waals surface area contributed by atoms with Crippen molar-refractivity contribution in [3.05, 3.63) is 24.0 Å². The van der Waals surface area contributed by atoms with Crippen molar-refractivity contribution in [3.63, 3.8) is 0 Å². The molecular weight excluding hydrogens is 218 g/mol. The van der Waals surface area contributed by atoms with Crippen molar-refractivity contribution in [2.45, 2.75) is 26.7 Å². The summed E-state index contributed by atoms with van der Waals surface area (Å²) in [6, 6.07) is 3.71. The third-order valence-electron chi connectivity index (χ3n) is 2.52. The van der Waals surface area contributed by atoms with Gasteiger partial charge in [0.1, 0.15) is 0 Å². The lowest BCUT2D eigenvalue weighted by Crippen LogP contribution is -2.16. The molecule has 0 N–H and O–H groups in total. The Labute approximate surface area is 99.4 Å². The molecule has 0 saturated heterocycles. The minimum Gasteiger partial charge on any atom is -0.448 e. The number of hydrogen-bond acceptors (Lipinski definition) is 4. The van der Waals surface area contributed by atoms with Gasteiger partial charge in [-0.15, -0.1) is 4.68 Å². The Morgan fingerprint density at radius 1 is 1.53 bits per heavy atom.